The lowest BCUT2D eigenvalue weighted by atomic mass is 10.2. The zero-order valence-corrected chi connectivity index (χ0v) is 16.0. The number of benzene rings is 2. The molecule has 0 heterocycles. The summed E-state index contributed by atoms with van der Waals surface area (Å²) in [5.41, 5.74) is 2.61. The van der Waals surface area contributed by atoms with Gasteiger partial charge in [0.25, 0.3) is 0 Å². The zero-order valence-electron chi connectivity index (χ0n) is 16.0. The molecule has 9 nitrogen and oxygen atoms in total. The average Bonchev–Trinajstić information content (AvgIpc) is 2.68. The van der Waals surface area contributed by atoms with E-state index in [0.29, 0.717) is 6.54 Å². The summed E-state index contributed by atoms with van der Waals surface area (Å²) in [5, 5.41) is 23.5. The van der Waals surface area contributed by atoms with Crippen LogP contribution in [0.2, 0.25) is 0 Å². The summed E-state index contributed by atoms with van der Waals surface area (Å²) >= 11 is 0. The van der Waals surface area contributed by atoms with E-state index in [4.69, 9.17) is 19.8 Å². The van der Waals surface area contributed by atoms with Crippen LogP contribution >= 0.6 is 0 Å². The number of aliphatic carboxylic acids is 2. The van der Waals surface area contributed by atoms with Gasteiger partial charge in [-0.3, -0.25) is 9.59 Å². The maximum absolute atomic E-state index is 12.1. The summed E-state index contributed by atoms with van der Waals surface area (Å²) in [6.45, 7) is 3.78. The van der Waals surface area contributed by atoms with Crippen molar-refractivity contribution in [2.24, 2.45) is 0 Å². The van der Waals surface area contributed by atoms with Gasteiger partial charge in [0.15, 0.2) is 0 Å². The summed E-state index contributed by atoms with van der Waals surface area (Å²) in [7, 11) is 0. The molecule has 0 aromatic heterocycles. The maximum Gasteiger partial charge on any atom is 0.414 e. The average molecular weight is 401 g/mol. The van der Waals surface area contributed by atoms with Crippen LogP contribution in [0, 0.1) is 0 Å². The van der Waals surface area contributed by atoms with Crippen LogP contribution in [0.25, 0.3) is 0 Å². The minimum atomic E-state index is -1.82. The normalized spacial score (nSPS) is 10.6. The molecule has 0 bridgehead atoms. The van der Waals surface area contributed by atoms with E-state index in [-0.39, 0.29) is 17.9 Å². The fourth-order valence-corrected chi connectivity index (χ4v) is 2.11. The van der Waals surface area contributed by atoms with Gasteiger partial charge in [-0.2, -0.15) is 0 Å². The summed E-state index contributed by atoms with van der Waals surface area (Å²) < 4.78 is 0. The van der Waals surface area contributed by atoms with Crippen molar-refractivity contribution in [3.63, 3.8) is 0 Å². The Labute approximate surface area is 167 Å². The molecular weight excluding hydrogens is 378 g/mol. The third-order valence-electron chi connectivity index (χ3n) is 3.47. The van der Waals surface area contributed by atoms with Crippen LogP contribution in [0.1, 0.15) is 19.4 Å². The second kappa shape index (κ2) is 11.8. The number of carboxylic acids is 2. The molecule has 0 fully saturated rings. The van der Waals surface area contributed by atoms with Crippen molar-refractivity contribution in [3.8, 4) is 0 Å². The van der Waals surface area contributed by atoms with Crippen molar-refractivity contribution in [2.45, 2.75) is 26.4 Å². The Bertz CT molecular complexity index is 825. The minimum Gasteiger partial charge on any atom is -0.473 e. The van der Waals surface area contributed by atoms with Gasteiger partial charge in [-0.05, 0) is 36.8 Å². The first-order valence-corrected chi connectivity index (χ1v) is 8.61. The second-order valence-corrected chi connectivity index (χ2v) is 5.94. The van der Waals surface area contributed by atoms with Crippen molar-refractivity contribution in [2.75, 3.05) is 10.6 Å². The first kappa shape index (κ1) is 23.2. The Balaban J connectivity index is 0.000000612. The highest BCUT2D eigenvalue weighted by atomic mass is 16.4. The fraction of sp³-hybridized carbons (Fsp3) is 0.200. The minimum absolute atomic E-state index is 0.0696. The maximum atomic E-state index is 12.1. The van der Waals surface area contributed by atoms with E-state index in [9.17, 15) is 9.59 Å². The molecular formula is C20H23N3O6. The van der Waals surface area contributed by atoms with E-state index in [1.165, 1.54) is 6.92 Å². The lowest BCUT2D eigenvalue weighted by Gasteiger charge is -2.15. The lowest BCUT2D eigenvalue weighted by Crippen LogP contribution is -2.37. The van der Waals surface area contributed by atoms with Gasteiger partial charge in [-0.25, -0.2) is 9.59 Å². The number of rotatable bonds is 6. The molecule has 0 radical (unpaired) electrons. The van der Waals surface area contributed by atoms with Crippen molar-refractivity contribution >= 4 is 35.1 Å². The molecule has 5 N–H and O–H groups in total. The summed E-state index contributed by atoms with van der Waals surface area (Å²) in [6, 6.07) is 16.7. The van der Waals surface area contributed by atoms with Crippen LogP contribution in [0.5, 0.6) is 0 Å². The van der Waals surface area contributed by atoms with E-state index < -0.39 is 11.9 Å². The Morgan fingerprint density at radius 1 is 0.862 bits per heavy atom. The number of carboxylic acid groups (broad SMARTS) is 2. The number of nitrogens with one attached hydrogen (secondary N) is 3. The fourth-order valence-electron chi connectivity index (χ4n) is 2.11. The highest BCUT2D eigenvalue weighted by Crippen LogP contribution is 2.14. The molecule has 0 spiro atoms. The van der Waals surface area contributed by atoms with Crippen molar-refractivity contribution in [3.05, 3.63) is 60.2 Å². The monoisotopic (exact) mass is 401 g/mol. The molecule has 2 amide bonds. The first-order chi connectivity index (χ1) is 13.7. The van der Waals surface area contributed by atoms with Gasteiger partial charge in [0.05, 0.1) is 0 Å². The van der Waals surface area contributed by atoms with Crippen LogP contribution in [0.3, 0.4) is 0 Å². The van der Waals surface area contributed by atoms with E-state index in [2.05, 4.69) is 16.0 Å². The van der Waals surface area contributed by atoms with Crippen LogP contribution in [-0.4, -0.2) is 40.0 Å². The molecule has 0 aliphatic heterocycles. The second-order valence-electron chi connectivity index (χ2n) is 5.94. The number of amides is 2. The summed E-state index contributed by atoms with van der Waals surface area (Å²) in [5.74, 6) is -3.83. The topological polar surface area (TPSA) is 145 Å². The van der Waals surface area contributed by atoms with Gasteiger partial charge < -0.3 is 26.2 Å². The predicted molar refractivity (Wildman–Crippen MR) is 107 cm³/mol. The molecule has 1 unspecified atom stereocenters. The SMILES string of the molecule is CC(=O)Nc1ccc(NC(C)C(=O)NCc2ccccc2)cc1.O=C(O)C(=O)O. The molecule has 1 atom stereocenters. The zero-order chi connectivity index (χ0) is 21.8. The van der Waals surface area contributed by atoms with Gasteiger partial charge in [0, 0.05) is 24.8 Å². The van der Waals surface area contributed by atoms with Crippen LogP contribution in [0.15, 0.2) is 54.6 Å². The Morgan fingerprint density at radius 2 is 1.38 bits per heavy atom. The quantitative estimate of drug-likeness (QED) is 0.465. The molecule has 0 aliphatic rings. The van der Waals surface area contributed by atoms with Crippen LogP contribution in [-0.2, 0) is 25.7 Å². The molecule has 2 rings (SSSR count). The predicted octanol–water partition coefficient (Wildman–Crippen LogP) is 1.92. The van der Waals surface area contributed by atoms with E-state index in [1.54, 1.807) is 12.1 Å². The van der Waals surface area contributed by atoms with Gasteiger partial charge in [-0.1, -0.05) is 30.3 Å². The molecule has 154 valence electrons. The third-order valence-corrected chi connectivity index (χ3v) is 3.47. The summed E-state index contributed by atoms with van der Waals surface area (Å²) in [6.07, 6.45) is 0. The van der Waals surface area contributed by atoms with E-state index in [0.717, 1.165) is 16.9 Å². The van der Waals surface area contributed by atoms with Crippen molar-refractivity contribution in [1.82, 2.24) is 5.32 Å². The highest BCUT2D eigenvalue weighted by molar-refractivity contribution is 6.27. The number of carbonyl (C=O) groups is 4. The molecule has 0 saturated heterocycles. The molecule has 29 heavy (non-hydrogen) atoms. The van der Waals surface area contributed by atoms with Gasteiger partial charge >= 0.3 is 11.9 Å². The summed E-state index contributed by atoms with van der Waals surface area (Å²) in [4.78, 5) is 41.3. The molecule has 9 heteroatoms. The Kier molecular flexibility index (Phi) is 9.39. The van der Waals surface area contributed by atoms with Crippen molar-refractivity contribution in [1.29, 1.82) is 0 Å². The van der Waals surface area contributed by atoms with E-state index in [1.807, 2.05) is 49.4 Å². The van der Waals surface area contributed by atoms with Gasteiger partial charge in [-0.15, -0.1) is 0 Å². The molecule has 2 aromatic rings. The lowest BCUT2D eigenvalue weighted by molar-refractivity contribution is -0.159. The largest absolute Gasteiger partial charge is 0.473 e. The number of hydrogen-bond acceptors (Lipinski definition) is 5. The van der Waals surface area contributed by atoms with E-state index >= 15 is 0 Å². The van der Waals surface area contributed by atoms with Crippen LogP contribution < -0.4 is 16.0 Å². The number of carbonyl (C=O) groups excluding carboxylic acids is 2. The first-order valence-electron chi connectivity index (χ1n) is 8.61. The highest BCUT2D eigenvalue weighted by Gasteiger charge is 2.12. The van der Waals surface area contributed by atoms with Gasteiger partial charge in [0.2, 0.25) is 11.8 Å². The van der Waals surface area contributed by atoms with Gasteiger partial charge in [0.1, 0.15) is 6.04 Å². The van der Waals surface area contributed by atoms with Crippen LogP contribution in [0.4, 0.5) is 11.4 Å². The number of anilines is 2. The Hall–Kier alpha value is -3.88. The molecule has 2 aromatic carbocycles. The standard InChI is InChI=1S/C18H21N3O2.C2H2O4/c1-13(18(23)19-12-15-6-4-3-5-7-15)20-16-8-10-17(11-9-16)21-14(2)22;3-1(4)2(5)6/h3-11,13,20H,12H2,1-2H3,(H,19,23)(H,21,22);(H,3,4)(H,5,6). The molecule has 0 saturated carbocycles. The smallest absolute Gasteiger partial charge is 0.414 e. The number of hydrogen-bond donors (Lipinski definition) is 5. The third kappa shape index (κ3) is 9.57. The van der Waals surface area contributed by atoms with Crippen molar-refractivity contribution < 1.29 is 29.4 Å². The Morgan fingerprint density at radius 3 is 1.86 bits per heavy atom. The molecule has 0 aliphatic carbocycles.